The standard InChI is InChI=1S/C17H20N2O3/c1-17(2,3)16(21)22-15(14-8-19-9-14)11-4-5-12(10-20)13(6-11)7-18/h4-6,10,14-15,19H,8-9H2,1-3H3. The highest BCUT2D eigenvalue weighted by Crippen LogP contribution is 2.32. The Hall–Kier alpha value is -2.19. The monoisotopic (exact) mass is 300 g/mol. The fraction of sp³-hybridized carbons (Fsp3) is 0.471. The van der Waals surface area contributed by atoms with Crippen LogP contribution in [0.5, 0.6) is 0 Å². The number of rotatable bonds is 4. The van der Waals surface area contributed by atoms with Crippen LogP contribution in [0, 0.1) is 22.7 Å². The number of aldehydes is 1. The van der Waals surface area contributed by atoms with Crippen LogP contribution >= 0.6 is 0 Å². The number of hydrogen-bond donors (Lipinski definition) is 1. The molecule has 0 spiro atoms. The first-order chi connectivity index (χ1) is 10.4. The van der Waals surface area contributed by atoms with Gasteiger partial charge in [-0.1, -0.05) is 6.07 Å². The summed E-state index contributed by atoms with van der Waals surface area (Å²) in [4.78, 5) is 23.1. The van der Waals surface area contributed by atoms with Gasteiger partial charge in [-0.2, -0.15) is 5.26 Å². The van der Waals surface area contributed by atoms with Crippen molar-refractivity contribution in [1.82, 2.24) is 5.32 Å². The second kappa shape index (κ2) is 6.29. The Bertz CT molecular complexity index is 622. The molecule has 1 unspecified atom stereocenters. The largest absolute Gasteiger partial charge is 0.457 e. The van der Waals surface area contributed by atoms with Gasteiger partial charge in [-0.05, 0) is 38.5 Å². The highest BCUT2D eigenvalue weighted by molar-refractivity contribution is 5.79. The van der Waals surface area contributed by atoms with Gasteiger partial charge in [-0.15, -0.1) is 0 Å². The number of nitrogens with zero attached hydrogens (tertiary/aromatic N) is 1. The lowest BCUT2D eigenvalue weighted by molar-refractivity contribution is -0.163. The fourth-order valence-electron chi connectivity index (χ4n) is 2.20. The number of hydrogen-bond acceptors (Lipinski definition) is 5. The molecule has 1 saturated heterocycles. The van der Waals surface area contributed by atoms with E-state index in [1.165, 1.54) is 0 Å². The predicted octanol–water partition coefficient (Wildman–Crippen LogP) is 2.22. The zero-order valence-corrected chi connectivity index (χ0v) is 13.1. The number of esters is 1. The van der Waals surface area contributed by atoms with E-state index in [9.17, 15) is 9.59 Å². The first-order valence-electron chi connectivity index (χ1n) is 7.28. The van der Waals surface area contributed by atoms with Gasteiger partial charge in [0.05, 0.1) is 17.0 Å². The van der Waals surface area contributed by atoms with Crippen molar-refractivity contribution >= 4 is 12.3 Å². The molecule has 1 aromatic rings. The molecule has 0 aliphatic carbocycles. The molecule has 0 bridgehead atoms. The summed E-state index contributed by atoms with van der Waals surface area (Å²) in [6.07, 6.45) is 0.254. The number of nitrogens with one attached hydrogen (secondary N) is 1. The van der Waals surface area contributed by atoms with Crippen molar-refractivity contribution in [3.8, 4) is 6.07 Å². The summed E-state index contributed by atoms with van der Waals surface area (Å²) in [6.45, 7) is 6.95. The van der Waals surface area contributed by atoms with Crippen LogP contribution in [0.2, 0.25) is 0 Å². The maximum absolute atomic E-state index is 12.2. The van der Waals surface area contributed by atoms with Gasteiger partial charge < -0.3 is 10.1 Å². The van der Waals surface area contributed by atoms with Crippen molar-refractivity contribution in [2.75, 3.05) is 13.1 Å². The van der Waals surface area contributed by atoms with Crippen molar-refractivity contribution in [2.45, 2.75) is 26.9 Å². The van der Waals surface area contributed by atoms with Gasteiger partial charge in [0.1, 0.15) is 6.10 Å². The molecule has 1 atom stereocenters. The quantitative estimate of drug-likeness (QED) is 0.681. The number of carbonyl (C=O) groups excluding carboxylic acids is 2. The molecule has 2 rings (SSSR count). The minimum atomic E-state index is -0.587. The van der Waals surface area contributed by atoms with Gasteiger partial charge in [-0.25, -0.2) is 0 Å². The molecule has 0 saturated carbocycles. The van der Waals surface area contributed by atoms with Gasteiger partial charge in [-0.3, -0.25) is 9.59 Å². The van der Waals surface area contributed by atoms with Crippen LogP contribution in [0.15, 0.2) is 18.2 Å². The molecule has 1 aromatic carbocycles. The normalized spacial score (nSPS) is 16.3. The van der Waals surface area contributed by atoms with Gasteiger partial charge in [0, 0.05) is 24.6 Å². The zero-order valence-electron chi connectivity index (χ0n) is 13.1. The zero-order chi connectivity index (χ0) is 16.3. The van der Waals surface area contributed by atoms with Crippen molar-refractivity contribution in [3.63, 3.8) is 0 Å². The summed E-state index contributed by atoms with van der Waals surface area (Å²) in [5, 5.41) is 12.3. The minimum absolute atomic E-state index is 0.180. The molecule has 1 fully saturated rings. The SMILES string of the molecule is CC(C)(C)C(=O)OC(c1ccc(C=O)c(C#N)c1)C1CNC1. The third-order valence-electron chi connectivity index (χ3n) is 3.74. The first kappa shape index (κ1) is 16.2. The molecule has 1 aliphatic rings. The first-order valence-corrected chi connectivity index (χ1v) is 7.28. The van der Waals surface area contributed by atoms with E-state index in [1.54, 1.807) is 18.2 Å². The molecule has 5 nitrogen and oxygen atoms in total. The van der Waals surface area contributed by atoms with Crippen molar-refractivity contribution in [1.29, 1.82) is 5.26 Å². The van der Waals surface area contributed by atoms with Crippen LogP contribution in [0.4, 0.5) is 0 Å². The summed E-state index contributed by atoms with van der Waals surface area (Å²) in [5.41, 5.74) is 0.817. The average Bonchev–Trinajstić information content (AvgIpc) is 2.42. The Morgan fingerprint density at radius 1 is 1.45 bits per heavy atom. The topological polar surface area (TPSA) is 79.2 Å². The van der Waals surface area contributed by atoms with E-state index in [0.29, 0.717) is 17.4 Å². The summed E-state index contributed by atoms with van der Waals surface area (Å²) in [5.74, 6) is -0.0951. The van der Waals surface area contributed by atoms with Gasteiger partial charge >= 0.3 is 5.97 Å². The summed E-state index contributed by atoms with van der Waals surface area (Å²) >= 11 is 0. The smallest absolute Gasteiger partial charge is 0.311 e. The lowest BCUT2D eigenvalue weighted by atomic mass is 9.88. The number of nitriles is 1. The van der Waals surface area contributed by atoms with Crippen LogP contribution in [0.25, 0.3) is 0 Å². The minimum Gasteiger partial charge on any atom is -0.457 e. The lowest BCUT2D eigenvalue weighted by Crippen LogP contribution is -2.47. The van der Waals surface area contributed by atoms with Crippen LogP contribution in [0.1, 0.15) is 48.4 Å². The maximum atomic E-state index is 12.2. The summed E-state index contributed by atoms with van der Waals surface area (Å²) < 4.78 is 5.70. The predicted molar refractivity (Wildman–Crippen MR) is 81.2 cm³/mol. The summed E-state index contributed by atoms with van der Waals surface area (Å²) in [7, 11) is 0. The molecule has 5 heteroatoms. The van der Waals surface area contributed by atoms with E-state index >= 15 is 0 Å². The van der Waals surface area contributed by atoms with Crippen LogP contribution in [-0.2, 0) is 9.53 Å². The molecule has 0 amide bonds. The van der Waals surface area contributed by atoms with E-state index < -0.39 is 11.5 Å². The third kappa shape index (κ3) is 3.34. The highest BCUT2D eigenvalue weighted by atomic mass is 16.5. The Labute approximate surface area is 130 Å². The van der Waals surface area contributed by atoms with E-state index in [0.717, 1.165) is 18.7 Å². The van der Waals surface area contributed by atoms with E-state index in [2.05, 4.69) is 5.32 Å². The second-order valence-corrected chi connectivity index (χ2v) is 6.57. The molecule has 0 radical (unpaired) electrons. The molecule has 1 heterocycles. The van der Waals surface area contributed by atoms with Crippen LogP contribution < -0.4 is 5.32 Å². The van der Waals surface area contributed by atoms with Gasteiger partial charge in [0.2, 0.25) is 0 Å². The van der Waals surface area contributed by atoms with Gasteiger partial charge in [0.25, 0.3) is 0 Å². The van der Waals surface area contributed by atoms with Crippen molar-refractivity contribution in [2.24, 2.45) is 11.3 Å². The fourth-order valence-corrected chi connectivity index (χ4v) is 2.20. The number of benzene rings is 1. The average molecular weight is 300 g/mol. The van der Waals surface area contributed by atoms with Gasteiger partial charge in [0.15, 0.2) is 6.29 Å². The molecule has 116 valence electrons. The van der Waals surface area contributed by atoms with Crippen LogP contribution in [0.3, 0.4) is 0 Å². The third-order valence-corrected chi connectivity index (χ3v) is 3.74. The molecule has 1 N–H and O–H groups in total. The maximum Gasteiger partial charge on any atom is 0.311 e. The molecule has 1 aliphatic heterocycles. The molecule has 22 heavy (non-hydrogen) atoms. The lowest BCUT2D eigenvalue weighted by Gasteiger charge is -2.35. The highest BCUT2D eigenvalue weighted by Gasteiger charge is 2.34. The number of carbonyl (C=O) groups is 2. The van der Waals surface area contributed by atoms with E-state index in [-0.39, 0.29) is 11.9 Å². The second-order valence-electron chi connectivity index (χ2n) is 6.57. The summed E-state index contributed by atoms with van der Waals surface area (Å²) in [6, 6.07) is 7.01. The molecular weight excluding hydrogens is 280 g/mol. The van der Waals surface area contributed by atoms with Crippen LogP contribution in [-0.4, -0.2) is 25.3 Å². The van der Waals surface area contributed by atoms with Crippen molar-refractivity contribution < 1.29 is 14.3 Å². The Morgan fingerprint density at radius 3 is 2.59 bits per heavy atom. The van der Waals surface area contributed by atoms with Crippen molar-refractivity contribution in [3.05, 3.63) is 34.9 Å². The van der Waals surface area contributed by atoms with E-state index in [4.69, 9.17) is 10.00 Å². The Morgan fingerprint density at radius 2 is 2.14 bits per heavy atom. The molecule has 0 aromatic heterocycles. The number of ether oxygens (including phenoxy) is 1. The Balaban J connectivity index is 2.32. The van der Waals surface area contributed by atoms with E-state index in [1.807, 2.05) is 26.8 Å². The Kier molecular flexibility index (Phi) is 4.62. The molecular formula is C17H20N2O3.